The minimum atomic E-state index is -4.57. The van der Waals surface area contributed by atoms with Gasteiger partial charge in [0.25, 0.3) is 0 Å². The van der Waals surface area contributed by atoms with E-state index in [1.807, 2.05) is 0 Å². The quantitative estimate of drug-likeness (QED) is 0.945. The first-order chi connectivity index (χ1) is 10.0. The Morgan fingerprint density at radius 1 is 1.24 bits per heavy atom. The van der Waals surface area contributed by atoms with Crippen LogP contribution < -0.4 is 5.32 Å². The molecule has 0 amide bonds. The zero-order chi connectivity index (χ0) is 14.9. The fraction of sp³-hybridized carbons (Fsp3) is 0.429. The van der Waals surface area contributed by atoms with Gasteiger partial charge in [0.15, 0.2) is 0 Å². The molecule has 1 N–H and O–H groups in total. The van der Waals surface area contributed by atoms with E-state index in [4.69, 9.17) is 4.74 Å². The molecule has 1 aliphatic rings. The van der Waals surface area contributed by atoms with Crippen molar-refractivity contribution in [3.8, 4) is 0 Å². The Morgan fingerprint density at radius 2 is 2.05 bits per heavy atom. The van der Waals surface area contributed by atoms with Gasteiger partial charge in [-0.3, -0.25) is 0 Å². The summed E-state index contributed by atoms with van der Waals surface area (Å²) in [5.41, 5.74) is 0.273. The van der Waals surface area contributed by atoms with Gasteiger partial charge < -0.3 is 10.1 Å². The Labute approximate surface area is 119 Å². The molecule has 112 valence electrons. The molecule has 0 spiro atoms. The summed E-state index contributed by atoms with van der Waals surface area (Å²) in [7, 11) is 0. The fourth-order valence-corrected chi connectivity index (χ4v) is 2.35. The summed E-state index contributed by atoms with van der Waals surface area (Å²) in [5.74, 6) is -0.931. The predicted octanol–water partition coefficient (Wildman–Crippen LogP) is 3.24. The zero-order valence-electron chi connectivity index (χ0n) is 11.2. The van der Waals surface area contributed by atoms with Crippen LogP contribution in [0.4, 0.5) is 19.0 Å². The number of benzene rings is 1. The van der Waals surface area contributed by atoms with E-state index in [2.05, 4.69) is 15.3 Å². The van der Waals surface area contributed by atoms with Crippen LogP contribution in [0.15, 0.2) is 24.3 Å². The van der Waals surface area contributed by atoms with Crippen molar-refractivity contribution in [2.24, 2.45) is 0 Å². The molecule has 1 saturated heterocycles. The minimum Gasteiger partial charge on any atom is -0.376 e. The molecule has 0 aliphatic carbocycles. The third kappa shape index (κ3) is 3.07. The lowest BCUT2D eigenvalue weighted by Crippen LogP contribution is -2.20. The SMILES string of the molecule is FC(F)(F)c1nc(NC[C@@H]2CCCO2)c2ccccc2n1. The van der Waals surface area contributed by atoms with E-state index in [1.54, 1.807) is 24.3 Å². The topological polar surface area (TPSA) is 47.0 Å². The molecule has 0 unspecified atom stereocenters. The van der Waals surface area contributed by atoms with Crippen molar-refractivity contribution in [3.63, 3.8) is 0 Å². The van der Waals surface area contributed by atoms with Crippen molar-refractivity contribution >= 4 is 16.7 Å². The van der Waals surface area contributed by atoms with Gasteiger partial charge in [-0.05, 0) is 25.0 Å². The number of alkyl halides is 3. The molecule has 1 aliphatic heterocycles. The first kappa shape index (κ1) is 14.1. The van der Waals surface area contributed by atoms with Crippen LogP contribution in [0.1, 0.15) is 18.7 Å². The number of hydrogen-bond acceptors (Lipinski definition) is 4. The van der Waals surface area contributed by atoms with Crippen molar-refractivity contribution < 1.29 is 17.9 Å². The molecule has 7 heteroatoms. The van der Waals surface area contributed by atoms with Crippen molar-refractivity contribution in [1.82, 2.24) is 9.97 Å². The number of ether oxygens (including phenoxy) is 1. The molecular formula is C14H14F3N3O. The molecular weight excluding hydrogens is 283 g/mol. The van der Waals surface area contributed by atoms with Gasteiger partial charge in [0.2, 0.25) is 5.82 Å². The number of aromatic nitrogens is 2. The zero-order valence-corrected chi connectivity index (χ0v) is 11.2. The Balaban J connectivity index is 1.94. The molecule has 1 aromatic heterocycles. The van der Waals surface area contributed by atoms with Crippen LogP contribution in [0, 0.1) is 0 Å². The third-order valence-corrected chi connectivity index (χ3v) is 3.38. The molecule has 1 aromatic carbocycles. The highest BCUT2D eigenvalue weighted by Crippen LogP contribution is 2.30. The highest BCUT2D eigenvalue weighted by atomic mass is 19.4. The lowest BCUT2D eigenvalue weighted by atomic mass is 10.2. The molecule has 0 radical (unpaired) electrons. The highest BCUT2D eigenvalue weighted by molar-refractivity contribution is 5.89. The van der Waals surface area contributed by atoms with Gasteiger partial charge in [-0.2, -0.15) is 13.2 Å². The van der Waals surface area contributed by atoms with Crippen LogP contribution in [0.3, 0.4) is 0 Å². The van der Waals surface area contributed by atoms with Crippen molar-refractivity contribution in [1.29, 1.82) is 0 Å². The van der Waals surface area contributed by atoms with Gasteiger partial charge >= 0.3 is 6.18 Å². The number of hydrogen-bond donors (Lipinski definition) is 1. The second-order valence-corrected chi connectivity index (χ2v) is 4.93. The monoisotopic (exact) mass is 297 g/mol. The average molecular weight is 297 g/mol. The maximum atomic E-state index is 12.9. The molecule has 21 heavy (non-hydrogen) atoms. The molecule has 0 bridgehead atoms. The van der Waals surface area contributed by atoms with Crippen LogP contribution >= 0.6 is 0 Å². The van der Waals surface area contributed by atoms with Gasteiger partial charge in [-0.15, -0.1) is 0 Å². The van der Waals surface area contributed by atoms with Gasteiger partial charge in [-0.25, -0.2) is 9.97 Å². The van der Waals surface area contributed by atoms with Crippen LogP contribution in [-0.2, 0) is 10.9 Å². The van der Waals surface area contributed by atoms with Crippen molar-refractivity contribution in [2.45, 2.75) is 25.1 Å². The summed E-state index contributed by atoms with van der Waals surface area (Å²) in [4.78, 5) is 7.21. The highest BCUT2D eigenvalue weighted by Gasteiger charge is 2.35. The van der Waals surface area contributed by atoms with E-state index in [0.29, 0.717) is 18.5 Å². The standard InChI is InChI=1S/C14H14F3N3O/c15-14(16,17)13-19-11-6-2-1-5-10(11)12(20-13)18-8-9-4-3-7-21-9/h1-2,5-6,9H,3-4,7-8H2,(H,18,19,20)/t9-/m0/s1. The lowest BCUT2D eigenvalue weighted by molar-refractivity contribution is -0.144. The molecule has 3 rings (SSSR count). The first-order valence-electron chi connectivity index (χ1n) is 6.73. The van der Waals surface area contributed by atoms with E-state index >= 15 is 0 Å². The number of nitrogens with one attached hydrogen (secondary N) is 1. The molecule has 2 aromatic rings. The summed E-state index contributed by atoms with van der Waals surface area (Å²) < 4.78 is 44.0. The van der Waals surface area contributed by atoms with Crippen LogP contribution in [0.25, 0.3) is 10.9 Å². The Kier molecular flexibility index (Phi) is 3.67. The van der Waals surface area contributed by atoms with Gasteiger partial charge in [0.05, 0.1) is 11.6 Å². The Morgan fingerprint density at radius 3 is 2.76 bits per heavy atom. The smallest absolute Gasteiger partial charge is 0.376 e. The molecule has 2 heterocycles. The van der Waals surface area contributed by atoms with Gasteiger partial charge in [0, 0.05) is 18.5 Å². The van der Waals surface area contributed by atoms with Crippen LogP contribution in [0.5, 0.6) is 0 Å². The van der Waals surface area contributed by atoms with E-state index in [9.17, 15) is 13.2 Å². The molecule has 0 saturated carbocycles. The number of nitrogens with zero attached hydrogens (tertiary/aromatic N) is 2. The van der Waals surface area contributed by atoms with Crippen molar-refractivity contribution in [3.05, 3.63) is 30.1 Å². The fourth-order valence-electron chi connectivity index (χ4n) is 2.35. The number of rotatable bonds is 3. The third-order valence-electron chi connectivity index (χ3n) is 3.38. The van der Waals surface area contributed by atoms with Crippen molar-refractivity contribution in [2.75, 3.05) is 18.5 Å². The molecule has 1 atom stereocenters. The van der Waals surface area contributed by atoms with E-state index in [1.165, 1.54) is 0 Å². The predicted molar refractivity (Wildman–Crippen MR) is 72.0 cm³/mol. The largest absolute Gasteiger partial charge is 0.451 e. The van der Waals surface area contributed by atoms with Gasteiger partial charge in [-0.1, -0.05) is 12.1 Å². The number of anilines is 1. The summed E-state index contributed by atoms with van der Waals surface area (Å²) in [6, 6.07) is 6.65. The van der Waals surface area contributed by atoms with E-state index in [-0.39, 0.29) is 17.4 Å². The minimum absolute atomic E-state index is 0.0214. The number of halogens is 3. The second-order valence-electron chi connectivity index (χ2n) is 4.93. The van der Waals surface area contributed by atoms with Crippen LogP contribution in [-0.4, -0.2) is 29.2 Å². The number of para-hydroxylation sites is 1. The lowest BCUT2D eigenvalue weighted by Gasteiger charge is -2.14. The number of fused-ring (bicyclic) bond motifs is 1. The summed E-state index contributed by atoms with van der Waals surface area (Å²) in [6.45, 7) is 1.14. The van der Waals surface area contributed by atoms with E-state index in [0.717, 1.165) is 12.8 Å². The molecule has 4 nitrogen and oxygen atoms in total. The summed E-state index contributed by atoms with van der Waals surface area (Å²) >= 11 is 0. The van der Waals surface area contributed by atoms with E-state index < -0.39 is 12.0 Å². The van der Waals surface area contributed by atoms with Crippen LogP contribution in [0.2, 0.25) is 0 Å². The summed E-state index contributed by atoms with van der Waals surface area (Å²) in [6.07, 6.45) is -2.66. The first-order valence-corrected chi connectivity index (χ1v) is 6.73. The van der Waals surface area contributed by atoms with Gasteiger partial charge in [0.1, 0.15) is 5.82 Å². The Hall–Kier alpha value is -1.89. The second kappa shape index (κ2) is 5.48. The maximum Gasteiger partial charge on any atom is 0.451 e. The average Bonchev–Trinajstić information content (AvgIpc) is 2.96. The Bertz CT molecular complexity index is 639. The summed E-state index contributed by atoms with van der Waals surface area (Å²) in [5, 5.41) is 3.54. The normalized spacial score (nSPS) is 19.1. The molecule has 1 fully saturated rings. The maximum absolute atomic E-state index is 12.9.